The predicted octanol–water partition coefficient (Wildman–Crippen LogP) is 2.24. The third-order valence-corrected chi connectivity index (χ3v) is 4.65. The number of ether oxygens (including phenoxy) is 1. The Balaban J connectivity index is 1.64. The number of nitrogens with one attached hydrogen (secondary N) is 3. The first-order valence-corrected chi connectivity index (χ1v) is 8.41. The molecule has 2 heterocycles. The Bertz CT molecular complexity index is 714. The number of amides is 1. The monoisotopic (exact) mass is 346 g/mol. The summed E-state index contributed by atoms with van der Waals surface area (Å²) < 4.78 is 19.9. The summed E-state index contributed by atoms with van der Waals surface area (Å²) in [5, 5.41) is 13.6. The van der Waals surface area contributed by atoms with Gasteiger partial charge >= 0.3 is 0 Å². The molecule has 1 aromatic rings. The highest BCUT2D eigenvalue weighted by molar-refractivity contribution is 6.47. The van der Waals surface area contributed by atoms with Gasteiger partial charge in [0, 0.05) is 24.0 Å². The molecule has 1 aromatic carbocycles. The minimum Gasteiger partial charge on any atom is -0.399 e. The maximum atomic E-state index is 14.0. The van der Waals surface area contributed by atoms with E-state index in [1.165, 1.54) is 0 Å². The van der Waals surface area contributed by atoms with Crippen molar-refractivity contribution in [3.05, 3.63) is 41.4 Å². The lowest BCUT2D eigenvalue weighted by molar-refractivity contribution is -0.110. The lowest BCUT2D eigenvalue weighted by atomic mass is 10.0. The minimum atomic E-state index is -0.981. The second-order valence-electron chi connectivity index (χ2n) is 6.80. The number of hydrogen-bond acceptors (Lipinski definition) is 5. The zero-order valence-corrected chi connectivity index (χ0v) is 14.3. The van der Waals surface area contributed by atoms with Crippen LogP contribution in [0.1, 0.15) is 31.9 Å². The molecule has 3 atom stereocenters. The molecule has 2 saturated heterocycles. The van der Waals surface area contributed by atoms with Crippen LogP contribution < -0.4 is 16.4 Å². The number of halogens is 1. The summed E-state index contributed by atoms with van der Waals surface area (Å²) in [7, 11) is 0. The summed E-state index contributed by atoms with van der Waals surface area (Å²) in [5.74, 6) is -2.08. The Kier molecular flexibility index (Phi) is 4.87. The predicted molar refractivity (Wildman–Crippen MR) is 94.0 cm³/mol. The van der Waals surface area contributed by atoms with Crippen molar-refractivity contribution in [2.75, 3.05) is 11.9 Å². The van der Waals surface area contributed by atoms with Crippen molar-refractivity contribution in [2.45, 2.75) is 38.5 Å². The average molecular weight is 346 g/mol. The number of rotatable bonds is 5. The molecule has 0 aliphatic carbocycles. The van der Waals surface area contributed by atoms with E-state index >= 15 is 0 Å². The fourth-order valence-corrected chi connectivity index (χ4v) is 3.13. The number of carbonyl (C=O) groups excluding carboxylic acids is 1. The van der Waals surface area contributed by atoms with Crippen molar-refractivity contribution < 1.29 is 13.9 Å². The van der Waals surface area contributed by atoms with E-state index < -0.39 is 17.4 Å². The molecule has 7 heteroatoms. The van der Waals surface area contributed by atoms with Crippen LogP contribution in [-0.2, 0) is 9.53 Å². The van der Waals surface area contributed by atoms with E-state index in [2.05, 4.69) is 10.6 Å². The van der Waals surface area contributed by atoms with Gasteiger partial charge < -0.3 is 21.1 Å². The van der Waals surface area contributed by atoms with Crippen molar-refractivity contribution in [3.63, 3.8) is 0 Å². The van der Waals surface area contributed by atoms with Crippen molar-refractivity contribution in [1.82, 2.24) is 5.32 Å². The summed E-state index contributed by atoms with van der Waals surface area (Å²) >= 11 is 0. The molecule has 2 fully saturated rings. The largest absolute Gasteiger partial charge is 0.399 e. The number of carbonyl (C=O) groups is 1. The molecule has 5 N–H and O–H groups in total. The van der Waals surface area contributed by atoms with Crippen LogP contribution in [0.25, 0.3) is 0 Å². The topological polar surface area (TPSA) is 100 Å². The second-order valence-corrected chi connectivity index (χ2v) is 6.80. The van der Waals surface area contributed by atoms with Crippen LogP contribution in [0.3, 0.4) is 0 Å². The summed E-state index contributed by atoms with van der Waals surface area (Å²) in [4.78, 5) is 12.0. The third kappa shape index (κ3) is 3.57. The van der Waals surface area contributed by atoms with E-state index in [9.17, 15) is 9.18 Å². The highest BCUT2D eigenvalue weighted by Crippen LogP contribution is 2.37. The second kappa shape index (κ2) is 6.93. The minimum absolute atomic E-state index is 0.0213. The van der Waals surface area contributed by atoms with Gasteiger partial charge in [0.05, 0.1) is 12.2 Å². The maximum absolute atomic E-state index is 14.0. The zero-order chi connectivity index (χ0) is 18.1. The first kappa shape index (κ1) is 17.6. The van der Waals surface area contributed by atoms with Crippen LogP contribution in [0.5, 0.6) is 0 Å². The Morgan fingerprint density at radius 2 is 2.08 bits per heavy atom. The number of nitrogens with two attached hydrogens (primary N) is 1. The van der Waals surface area contributed by atoms with E-state index in [0.717, 1.165) is 18.5 Å². The molecule has 0 unspecified atom stereocenters. The van der Waals surface area contributed by atoms with E-state index in [4.69, 9.17) is 15.9 Å². The van der Waals surface area contributed by atoms with Gasteiger partial charge in [-0.3, -0.25) is 10.2 Å². The molecule has 3 rings (SSSR count). The number of benzene rings is 1. The third-order valence-electron chi connectivity index (χ3n) is 4.65. The molecule has 2 bridgehead atoms. The lowest BCUT2D eigenvalue weighted by Crippen LogP contribution is -2.34. The van der Waals surface area contributed by atoms with Crippen LogP contribution in [0.15, 0.2) is 35.8 Å². The first-order chi connectivity index (χ1) is 11.9. The highest BCUT2D eigenvalue weighted by atomic mass is 19.1. The molecule has 0 radical (unpaired) electrons. The number of anilines is 1. The normalized spacial score (nSPS) is 25.8. The van der Waals surface area contributed by atoms with Gasteiger partial charge in [-0.2, -0.15) is 0 Å². The Hall–Kier alpha value is -2.25. The van der Waals surface area contributed by atoms with E-state index in [-0.39, 0.29) is 23.8 Å². The van der Waals surface area contributed by atoms with Crippen molar-refractivity contribution >= 4 is 17.3 Å². The van der Waals surface area contributed by atoms with E-state index in [0.29, 0.717) is 11.7 Å². The molecule has 6 nitrogen and oxygen atoms in total. The molecule has 0 saturated carbocycles. The molecular weight excluding hydrogens is 323 g/mol. The van der Waals surface area contributed by atoms with Crippen molar-refractivity contribution in [3.8, 4) is 0 Å². The quantitative estimate of drug-likeness (QED) is 0.614. The Morgan fingerprint density at radius 1 is 1.40 bits per heavy atom. The number of fused-ring (bicyclic) bond motifs is 2. The van der Waals surface area contributed by atoms with E-state index in [1.807, 2.05) is 12.1 Å². The molecule has 2 aliphatic rings. The first-order valence-electron chi connectivity index (χ1n) is 8.41. The lowest BCUT2D eigenvalue weighted by Gasteiger charge is -2.23. The summed E-state index contributed by atoms with van der Waals surface area (Å²) in [6.07, 6.45) is 1.31. The molecular formula is C18H23FN4O2. The van der Waals surface area contributed by atoms with Crippen LogP contribution in [-0.4, -0.2) is 30.3 Å². The summed E-state index contributed by atoms with van der Waals surface area (Å²) in [6, 6.07) is 7.53. The fraction of sp³-hybridized carbons (Fsp3) is 0.444. The van der Waals surface area contributed by atoms with Gasteiger partial charge in [0.15, 0.2) is 11.5 Å². The van der Waals surface area contributed by atoms with Gasteiger partial charge in [0.2, 0.25) is 0 Å². The standard InChI is InChI=1S/C18H23FN4O2/c1-9(2)15(20)14(19)16(21)18(24)23-11-5-3-10(4-6-11)17-13-7-12(25-17)8-22-13/h3-6,9,12-13,17,21-22H,7-8,20H2,1-2H3,(H,23,24)/b15-14+,21-16?/t12-,13-,17+/m1/s1. The molecule has 25 heavy (non-hydrogen) atoms. The highest BCUT2D eigenvalue weighted by Gasteiger charge is 2.41. The van der Waals surface area contributed by atoms with Gasteiger partial charge in [-0.25, -0.2) is 4.39 Å². The van der Waals surface area contributed by atoms with Crippen LogP contribution in [0.2, 0.25) is 0 Å². The van der Waals surface area contributed by atoms with Crippen LogP contribution in [0, 0.1) is 11.3 Å². The van der Waals surface area contributed by atoms with Crippen molar-refractivity contribution in [2.24, 2.45) is 11.7 Å². The van der Waals surface area contributed by atoms with Gasteiger partial charge in [-0.1, -0.05) is 26.0 Å². The summed E-state index contributed by atoms with van der Waals surface area (Å²) in [5.41, 5.74) is 6.23. The van der Waals surface area contributed by atoms with Gasteiger partial charge in [0.25, 0.3) is 5.91 Å². The maximum Gasteiger partial charge on any atom is 0.276 e. The smallest absolute Gasteiger partial charge is 0.276 e. The van der Waals surface area contributed by atoms with Crippen LogP contribution >= 0.6 is 0 Å². The fourth-order valence-electron chi connectivity index (χ4n) is 3.13. The van der Waals surface area contributed by atoms with Crippen LogP contribution in [0.4, 0.5) is 10.1 Å². The molecule has 0 aromatic heterocycles. The van der Waals surface area contributed by atoms with E-state index in [1.54, 1.807) is 26.0 Å². The van der Waals surface area contributed by atoms with Gasteiger partial charge in [-0.15, -0.1) is 0 Å². The van der Waals surface area contributed by atoms with Gasteiger partial charge in [0.1, 0.15) is 0 Å². The SMILES string of the molecule is CC(C)/C(N)=C(\F)C(=N)C(=O)Nc1ccc([C@@H]2O[C@H]3CN[C@@H]2C3)cc1. The number of allylic oxidation sites excluding steroid dienone is 1. The average Bonchev–Trinajstić information content (AvgIpc) is 3.23. The summed E-state index contributed by atoms with van der Waals surface area (Å²) in [6.45, 7) is 4.30. The molecule has 0 spiro atoms. The van der Waals surface area contributed by atoms with Crippen molar-refractivity contribution in [1.29, 1.82) is 5.41 Å². The Morgan fingerprint density at radius 3 is 2.60 bits per heavy atom. The van der Waals surface area contributed by atoms with Gasteiger partial charge in [-0.05, 0) is 30.0 Å². The zero-order valence-electron chi connectivity index (χ0n) is 14.3. The molecule has 2 aliphatic heterocycles. The Labute approximate surface area is 146 Å². The molecule has 134 valence electrons. The molecule has 1 amide bonds. The number of hydrogen-bond donors (Lipinski definition) is 4. The number of morpholine rings is 1.